The highest BCUT2D eigenvalue weighted by Crippen LogP contribution is 2.20. The third-order valence-corrected chi connectivity index (χ3v) is 4.26. The fraction of sp³-hybridized carbons (Fsp3) is 0.333. The summed E-state index contributed by atoms with van der Waals surface area (Å²) in [7, 11) is 0. The Morgan fingerprint density at radius 2 is 1.85 bits per heavy atom. The molecule has 1 fully saturated rings. The van der Waals surface area contributed by atoms with Gasteiger partial charge in [0.15, 0.2) is 6.61 Å². The van der Waals surface area contributed by atoms with Gasteiger partial charge in [-0.1, -0.05) is 42.5 Å². The predicted octanol–water partition coefficient (Wildman–Crippen LogP) is 2.67. The molecular formula is C21H23NO5. The van der Waals surface area contributed by atoms with Crippen molar-refractivity contribution in [2.75, 3.05) is 26.3 Å². The number of esters is 1. The molecule has 0 saturated carbocycles. The van der Waals surface area contributed by atoms with Crippen molar-refractivity contribution in [3.8, 4) is 5.75 Å². The van der Waals surface area contributed by atoms with Crippen LogP contribution in [-0.2, 0) is 20.9 Å². The van der Waals surface area contributed by atoms with E-state index in [9.17, 15) is 9.59 Å². The van der Waals surface area contributed by atoms with Crippen molar-refractivity contribution in [3.63, 3.8) is 0 Å². The number of nitrogens with zero attached hydrogens (tertiary/aromatic N) is 1. The number of hydrogen-bond acceptors (Lipinski definition) is 5. The van der Waals surface area contributed by atoms with Crippen molar-refractivity contribution in [1.82, 2.24) is 4.90 Å². The Morgan fingerprint density at radius 3 is 2.63 bits per heavy atom. The largest absolute Gasteiger partial charge is 0.488 e. The molecule has 1 atom stereocenters. The van der Waals surface area contributed by atoms with Crippen molar-refractivity contribution in [3.05, 3.63) is 65.7 Å². The number of para-hydroxylation sites is 1. The Labute approximate surface area is 158 Å². The zero-order chi connectivity index (χ0) is 19.1. The average Bonchev–Trinajstić information content (AvgIpc) is 2.71. The number of benzene rings is 2. The second-order valence-corrected chi connectivity index (χ2v) is 6.37. The monoisotopic (exact) mass is 369 g/mol. The maximum Gasteiger partial charge on any atom is 0.342 e. The molecule has 1 amide bonds. The van der Waals surface area contributed by atoms with Crippen LogP contribution in [0.25, 0.3) is 0 Å². The molecule has 142 valence electrons. The number of ether oxygens (including phenoxy) is 3. The van der Waals surface area contributed by atoms with Gasteiger partial charge in [0.2, 0.25) is 0 Å². The van der Waals surface area contributed by atoms with E-state index in [1.54, 1.807) is 29.2 Å². The standard InChI is InChI=1S/C21H23NO5/c1-16-13-22(11-12-25-16)20(23)15-27-21(24)18-9-5-6-10-19(18)26-14-17-7-3-2-4-8-17/h2-10,16H,11-15H2,1H3. The lowest BCUT2D eigenvalue weighted by Crippen LogP contribution is -2.46. The van der Waals surface area contributed by atoms with Gasteiger partial charge in [0, 0.05) is 13.1 Å². The van der Waals surface area contributed by atoms with E-state index >= 15 is 0 Å². The molecule has 27 heavy (non-hydrogen) atoms. The fourth-order valence-electron chi connectivity index (χ4n) is 2.84. The molecule has 1 saturated heterocycles. The normalized spacial score (nSPS) is 16.6. The van der Waals surface area contributed by atoms with E-state index in [1.807, 2.05) is 37.3 Å². The maximum absolute atomic E-state index is 12.4. The van der Waals surface area contributed by atoms with Crippen molar-refractivity contribution in [2.45, 2.75) is 19.6 Å². The van der Waals surface area contributed by atoms with Crippen molar-refractivity contribution < 1.29 is 23.8 Å². The summed E-state index contributed by atoms with van der Waals surface area (Å²) in [5, 5.41) is 0. The van der Waals surface area contributed by atoms with E-state index in [0.29, 0.717) is 37.6 Å². The number of hydrogen-bond donors (Lipinski definition) is 0. The molecular weight excluding hydrogens is 346 g/mol. The summed E-state index contributed by atoms with van der Waals surface area (Å²) in [6, 6.07) is 16.5. The minimum absolute atomic E-state index is 0.00878. The molecule has 1 heterocycles. The number of carbonyl (C=O) groups is 2. The quantitative estimate of drug-likeness (QED) is 0.733. The Hall–Kier alpha value is -2.86. The van der Waals surface area contributed by atoms with Gasteiger partial charge in [0.1, 0.15) is 17.9 Å². The zero-order valence-electron chi connectivity index (χ0n) is 15.3. The summed E-state index contributed by atoms with van der Waals surface area (Å²) >= 11 is 0. The van der Waals surface area contributed by atoms with E-state index < -0.39 is 5.97 Å². The molecule has 0 spiro atoms. The first-order chi connectivity index (χ1) is 13.1. The number of carbonyl (C=O) groups excluding carboxylic acids is 2. The lowest BCUT2D eigenvalue weighted by molar-refractivity contribution is -0.141. The highest BCUT2D eigenvalue weighted by molar-refractivity contribution is 5.94. The van der Waals surface area contributed by atoms with E-state index in [2.05, 4.69) is 0 Å². The second-order valence-electron chi connectivity index (χ2n) is 6.37. The predicted molar refractivity (Wildman–Crippen MR) is 99.5 cm³/mol. The van der Waals surface area contributed by atoms with Gasteiger partial charge in [-0.2, -0.15) is 0 Å². The van der Waals surface area contributed by atoms with E-state index in [1.165, 1.54) is 0 Å². The van der Waals surface area contributed by atoms with Crippen LogP contribution in [0.15, 0.2) is 54.6 Å². The molecule has 3 rings (SSSR count). The van der Waals surface area contributed by atoms with E-state index in [4.69, 9.17) is 14.2 Å². The van der Waals surface area contributed by atoms with Gasteiger partial charge < -0.3 is 19.1 Å². The zero-order valence-corrected chi connectivity index (χ0v) is 15.3. The summed E-state index contributed by atoms with van der Waals surface area (Å²) in [5.41, 5.74) is 1.30. The van der Waals surface area contributed by atoms with Gasteiger partial charge in [-0.25, -0.2) is 4.79 Å². The minimum Gasteiger partial charge on any atom is -0.488 e. The molecule has 0 radical (unpaired) electrons. The highest BCUT2D eigenvalue weighted by Gasteiger charge is 2.23. The number of rotatable bonds is 6. The van der Waals surface area contributed by atoms with Crippen LogP contribution in [0.3, 0.4) is 0 Å². The summed E-state index contributed by atoms with van der Waals surface area (Å²) in [4.78, 5) is 26.3. The van der Waals surface area contributed by atoms with Crippen molar-refractivity contribution in [2.24, 2.45) is 0 Å². The average molecular weight is 369 g/mol. The Bertz CT molecular complexity index is 777. The molecule has 6 nitrogen and oxygen atoms in total. The first-order valence-corrected chi connectivity index (χ1v) is 8.96. The molecule has 0 bridgehead atoms. The first kappa shape index (κ1) is 18.9. The Kier molecular flexibility index (Phi) is 6.44. The van der Waals surface area contributed by atoms with Crippen LogP contribution >= 0.6 is 0 Å². The second kappa shape index (κ2) is 9.19. The lowest BCUT2D eigenvalue weighted by atomic mass is 10.2. The third kappa shape index (κ3) is 5.31. The topological polar surface area (TPSA) is 65.1 Å². The first-order valence-electron chi connectivity index (χ1n) is 8.96. The minimum atomic E-state index is -0.576. The van der Waals surface area contributed by atoms with Gasteiger partial charge in [-0.15, -0.1) is 0 Å². The Morgan fingerprint density at radius 1 is 1.11 bits per heavy atom. The van der Waals surface area contributed by atoms with E-state index in [0.717, 1.165) is 5.56 Å². The van der Waals surface area contributed by atoms with Crippen molar-refractivity contribution in [1.29, 1.82) is 0 Å². The van der Waals surface area contributed by atoms with Crippen LogP contribution in [0.2, 0.25) is 0 Å². The molecule has 1 unspecified atom stereocenters. The highest BCUT2D eigenvalue weighted by atomic mass is 16.5. The molecule has 1 aliphatic heterocycles. The van der Waals surface area contributed by atoms with Gasteiger partial charge >= 0.3 is 5.97 Å². The summed E-state index contributed by atoms with van der Waals surface area (Å²) in [6.07, 6.45) is -0.00878. The number of morpholine rings is 1. The van der Waals surface area contributed by atoms with Crippen LogP contribution in [0, 0.1) is 0 Å². The molecule has 2 aromatic rings. The summed E-state index contributed by atoms with van der Waals surface area (Å²) < 4.78 is 16.4. The van der Waals surface area contributed by atoms with E-state index in [-0.39, 0.29) is 18.6 Å². The molecule has 0 aliphatic carbocycles. The summed E-state index contributed by atoms with van der Waals surface area (Å²) in [6.45, 7) is 3.47. The fourth-order valence-corrected chi connectivity index (χ4v) is 2.84. The van der Waals surface area contributed by atoms with Crippen LogP contribution in [0.1, 0.15) is 22.8 Å². The van der Waals surface area contributed by atoms with Gasteiger partial charge in [-0.05, 0) is 24.6 Å². The number of amides is 1. The lowest BCUT2D eigenvalue weighted by Gasteiger charge is -2.30. The van der Waals surface area contributed by atoms with Gasteiger partial charge in [-0.3, -0.25) is 4.79 Å². The molecule has 1 aliphatic rings. The SMILES string of the molecule is CC1CN(C(=O)COC(=O)c2ccccc2OCc2ccccc2)CCO1. The van der Waals surface area contributed by atoms with Crippen LogP contribution in [0.4, 0.5) is 0 Å². The third-order valence-electron chi connectivity index (χ3n) is 4.26. The van der Waals surface area contributed by atoms with Gasteiger partial charge in [0.05, 0.1) is 12.7 Å². The van der Waals surface area contributed by atoms with Crippen LogP contribution in [0.5, 0.6) is 5.75 Å². The maximum atomic E-state index is 12.4. The molecule has 0 N–H and O–H groups in total. The molecule has 2 aromatic carbocycles. The van der Waals surface area contributed by atoms with Gasteiger partial charge in [0.25, 0.3) is 5.91 Å². The van der Waals surface area contributed by atoms with Crippen LogP contribution < -0.4 is 4.74 Å². The smallest absolute Gasteiger partial charge is 0.342 e. The van der Waals surface area contributed by atoms with Crippen LogP contribution in [-0.4, -0.2) is 49.2 Å². The molecule has 0 aromatic heterocycles. The van der Waals surface area contributed by atoms with Crippen molar-refractivity contribution >= 4 is 11.9 Å². The summed E-state index contributed by atoms with van der Waals surface area (Å²) in [5.74, 6) is -0.367. The Balaban J connectivity index is 1.57. The molecule has 6 heteroatoms.